The van der Waals surface area contributed by atoms with Crippen molar-refractivity contribution in [2.45, 2.75) is 57.5 Å². The Bertz CT molecular complexity index is 178. The quantitative estimate of drug-likeness (QED) is 0.641. The van der Waals surface area contributed by atoms with Crippen LogP contribution < -0.4 is 5.73 Å². The molecule has 90 valence electrons. The number of aliphatic hydroxyl groups excluding tert-OH is 1. The second kappa shape index (κ2) is 5.83. The van der Waals surface area contributed by atoms with Gasteiger partial charge >= 0.3 is 0 Å². The van der Waals surface area contributed by atoms with Gasteiger partial charge in [0.05, 0.1) is 6.61 Å². The van der Waals surface area contributed by atoms with E-state index in [1.165, 1.54) is 32.2 Å². The fraction of sp³-hybridized carbons (Fsp3) is 1.00. The summed E-state index contributed by atoms with van der Waals surface area (Å²) in [5.74, 6) is 0. The van der Waals surface area contributed by atoms with E-state index < -0.39 is 5.54 Å². The van der Waals surface area contributed by atoms with Crippen LogP contribution >= 0.6 is 0 Å². The first-order valence-electron chi connectivity index (χ1n) is 6.23. The van der Waals surface area contributed by atoms with Crippen molar-refractivity contribution in [2.24, 2.45) is 5.73 Å². The molecule has 0 aromatic rings. The highest BCUT2D eigenvalue weighted by atomic mass is 16.3. The van der Waals surface area contributed by atoms with Gasteiger partial charge in [0.15, 0.2) is 0 Å². The summed E-state index contributed by atoms with van der Waals surface area (Å²) in [6.45, 7) is 6.48. The first kappa shape index (κ1) is 12.9. The number of hydrogen-bond acceptors (Lipinski definition) is 3. The summed E-state index contributed by atoms with van der Waals surface area (Å²) in [5.41, 5.74) is 5.53. The molecule has 15 heavy (non-hydrogen) atoms. The predicted octanol–water partition coefficient (Wildman–Crippen LogP) is 1.35. The fourth-order valence-electron chi connectivity index (χ4n) is 1.76. The van der Waals surface area contributed by atoms with E-state index in [0.717, 1.165) is 19.0 Å². The van der Waals surface area contributed by atoms with Crippen molar-refractivity contribution in [1.82, 2.24) is 4.90 Å². The van der Waals surface area contributed by atoms with E-state index >= 15 is 0 Å². The minimum atomic E-state index is -0.403. The van der Waals surface area contributed by atoms with Gasteiger partial charge < -0.3 is 15.7 Å². The summed E-state index contributed by atoms with van der Waals surface area (Å²) < 4.78 is 0. The second-order valence-electron chi connectivity index (χ2n) is 5.18. The lowest BCUT2D eigenvalue weighted by Crippen LogP contribution is -2.44. The van der Waals surface area contributed by atoms with E-state index in [1.807, 2.05) is 6.92 Å². The van der Waals surface area contributed by atoms with Crippen LogP contribution in [0.5, 0.6) is 0 Å². The van der Waals surface area contributed by atoms with Crippen molar-refractivity contribution < 1.29 is 5.11 Å². The Kier molecular flexibility index (Phi) is 5.03. The van der Waals surface area contributed by atoms with Crippen LogP contribution in [0, 0.1) is 0 Å². The van der Waals surface area contributed by atoms with Gasteiger partial charge in [0.25, 0.3) is 0 Å². The van der Waals surface area contributed by atoms with Gasteiger partial charge in [-0.25, -0.2) is 0 Å². The van der Waals surface area contributed by atoms with Crippen molar-refractivity contribution in [3.05, 3.63) is 0 Å². The minimum Gasteiger partial charge on any atom is -0.394 e. The normalized spacial score (nSPS) is 20.6. The molecule has 0 aliphatic heterocycles. The SMILES string of the molecule is CCCCN(CCC(C)(N)CO)C1CC1. The minimum absolute atomic E-state index is 0.0826. The standard InChI is InChI=1S/C12H26N2O/c1-3-4-8-14(11-5-6-11)9-7-12(2,13)10-15/h11,15H,3-10,13H2,1-2H3. The topological polar surface area (TPSA) is 49.5 Å². The van der Waals surface area contributed by atoms with E-state index in [2.05, 4.69) is 11.8 Å². The lowest BCUT2D eigenvalue weighted by Gasteiger charge is -2.28. The largest absolute Gasteiger partial charge is 0.394 e. The van der Waals surface area contributed by atoms with Crippen LogP contribution in [0.2, 0.25) is 0 Å². The molecule has 1 aliphatic carbocycles. The molecule has 3 heteroatoms. The average Bonchev–Trinajstić information content (AvgIpc) is 3.02. The van der Waals surface area contributed by atoms with Gasteiger partial charge in [0.2, 0.25) is 0 Å². The van der Waals surface area contributed by atoms with E-state index in [4.69, 9.17) is 10.8 Å². The van der Waals surface area contributed by atoms with Crippen LogP contribution in [0.1, 0.15) is 46.0 Å². The van der Waals surface area contributed by atoms with Crippen molar-refractivity contribution in [2.75, 3.05) is 19.7 Å². The molecular formula is C12H26N2O. The Morgan fingerprint density at radius 2 is 2.07 bits per heavy atom. The fourth-order valence-corrected chi connectivity index (χ4v) is 1.76. The Labute approximate surface area is 93.6 Å². The zero-order valence-electron chi connectivity index (χ0n) is 10.2. The first-order chi connectivity index (χ1) is 7.09. The van der Waals surface area contributed by atoms with Crippen molar-refractivity contribution in [1.29, 1.82) is 0 Å². The number of aliphatic hydroxyl groups is 1. The van der Waals surface area contributed by atoms with E-state index in [1.54, 1.807) is 0 Å². The lowest BCUT2D eigenvalue weighted by atomic mass is 10.0. The van der Waals surface area contributed by atoms with Crippen molar-refractivity contribution in [3.63, 3.8) is 0 Å². The van der Waals surface area contributed by atoms with E-state index in [0.29, 0.717) is 0 Å². The smallest absolute Gasteiger partial charge is 0.0608 e. The third-order valence-corrected chi connectivity index (χ3v) is 3.19. The molecule has 3 N–H and O–H groups in total. The molecule has 0 spiro atoms. The number of nitrogens with zero attached hydrogens (tertiary/aromatic N) is 1. The molecule has 1 aliphatic rings. The highest BCUT2D eigenvalue weighted by molar-refractivity contribution is 4.87. The van der Waals surface area contributed by atoms with Gasteiger partial charge in [-0.1, -0.05) is 13.3 Å². The maximum atomic E-state index is 9.09. The van der Waals surface area contributed by atoms with E-state index in [9.17, 15) is 0 Å². The summed E-state index contributed by atoms with van der Waals surface area (Å²) in [6.07, 6.45) is 6.12. The highest BCUT2D eigenvalue weighted by Gasteiger charge is 2.29. The second-order valence-corrected chi connectivity index (χ2v) is 5.18. The number of unbranched alkanes of at least 4 members (excludes halogenated alkanes) is 1. The lowest BCUT2D eigenvalue weighted by molar-refractivity contribution is 0.170. The van der Waals surface area contributed by atoms with Gasteiger partial charge in [-0.3, -0.25) is 0 Å². The maximum absolute atomic E-state index is 9.09. The van der Waals surface area contributed by atoms with E-state index in [-0.39, 0.29) is 6.61 Å². The Hall–Kier alpha value is -0.120. The van der Waals surface area contributed by atoms with Crippen LogP contribution in [0.4, 0.5) is 0 Å². The molecular weight excluding hydrogens is 188 g/mol. The number of hydrogen-bond donors (Lipinski definition) is 2. The molecule has 1 unspecified atom stereocenters. The summed E-state index contributed by atoms with van der Waals surface area (Å²) >= 11 is 0. The van der Waals surface area contributed by atoms with Gasteiger partial charge in [0.1, 0.15) is 0 Å². The van der Waals surface area contributed by atoms with Gasteiger partial charge in [-0.2, -0.15) is 0 Å². The predicted molar refractivity (Wildman–Crippen MR) is 63.8 cm³/mol. The molecule has 0 saturated heterocycles. The molecule has 0 aromatic heterocycles. The van der Waals surface area contributed by atoms with Crippen LogP contribution in [-0.2, 0) is 0 Å². The average molecular weight is 214 g/mol. The van der Waals surface area contributed by atoms with Crippen LogP contribution in [0.15, 0.2) is 0 Å². The first-order valence-corrected chi connectivity index (χ1v) is 6.23. The molecule has 1 atom stereocenters. The number of nitrogens with two attached hydrogens (primary N) is 1. The molecule has 3 nitrogen and oxygen atoms in total. The summed E-state index contributed by atoms with van der Waals surface area (Å²) in [5, 5.41) is 9.09. The molecule has 1 fully saturated rings. The summed E-state index contributed by atoms with van der Waals surface area (Å²) in [6, 6.07) is 0.811. The summed E-state index contributed by atoms with van der Waals surface area (Å²) in [4.78, 5) is 2.55. The molecule has 0 radical (unpaired) electrons. The highest BCUT2D eigenvalue weighted by Crippen LogP contribution is 2.27. The monoisotopic (exact) mass is 214 g/mol. The van der Waals surface area contributed by atoms with Crippen molar-refractivity contribution in [3.8, 4) is 0 Å². The molecule has 0 bridgehead atoms. The molecule has 0 amide bonds. The molecule has 0 aromatic carbocycles. The third-order valence-electron chi connectivity index (χ3n) is 3.19. The third kappa shape index (κ3) is 4.96. The Morgan fingerprint density at radius 3 is 2.53 bits per heavy atom. The maximum Gasteiger partial charge on any atom is 0.0608 e. The van der Waals surface area contributed by atoms with Gasteiger partial charge in [-0.15, -0.1) is 0 Å². The van der Waals surface area contributed by atoms with Crippen molar-refractivity contribution >= 4 is 0 Å². The Balaban J connectivity index is 2.25. The van der Waals surface area contributed by atoms with Gasteiger partial charge in [0, 0.05) is 18.1 Å². The zero-order chi connectivity index (χ0) is 11.3. The molecule has 1 rings (SSSR count). The zero-order valence-corrected chi connectivity index (χ0v) is 10.2. The van der Waals surface area contributed by atoms with Crippen LogP contribution in [0.3, 0.4) is 0 Å². The van der Waals surface area contributed by atoms with Gasteiger partial charge in [-0.05, 0) is 39.2 Å². The number of rotatable bonds is 8. The van der Waals surface area contributed by atoms with Crippen LogP contribution in [0.25, 0.3) is 0 Å². The van der Waals surface area contributed by atoms with Crippen LogP contribution in [-0.4, -0.2) is 41.3 Å². The Morgan fingerprint density at radius 1 is 1.40 bits per heavy atom. The summed E-state index contributed by atoms with van der Waals surface area (Å²) in [7, 11) is 0. The molecule has 0 heterocycles. The molecule has 1 saturated carbocycles.